The summed E-state index contributed by atoms with van der Waals surface area (Å²) in [6, 6.07) is 0. The first-order valence-corrected chi connectivity index (χ1v) is 7.57. The highest BCUT2D eigenvalue weighted by Gasteiger charge is 2.38. The Hall–Kier alpha value is -0.790. The standard InChI is InChI=1S/C16H26O2/c1-2-18-15(17)8-6-7-14-9-12-16(13-14)10-4-3-5-11-16/h6,8,14H,2-5,7,9-13H2,1H3/b8-6-. The van der Waals surface area contributed by atoms with E-state index < -0.39 is 0 Å². The van der Waals surface area contributed by atoms with Gasteiger partial charge in [0.15, 0.2) is 0 Å². The van der Waals surface area contributed by atoms with E-state index in [2.05, 4.69) is 0 Å². The van der Waals surface area contributed by atoms with E-state index >= 15 is 0 Å². The zero-order valence-corrected chi connectivity index (χ0v) is 11.6. The summed E-state index contributed by atoms with van der Waals surface area (Å²) in [6.45, 7) is 2.31. The van der Waals surface area contributed by atoms with Gasteiger partial charge in [-0.15, -0.1) is 0 Å². The van der Waals surface area contributed by atoms with E-state index in [9.17, 15) is 4.79 Å². The van der Waals surface area contributed by atoms with Gasteiger partial charge in [0.25, 0.3) is 0 Å². The summed E-state index contributed by atoms with van der Waals surface area (Å²) in [7, 11) is 0. The van der Waals surface area contributed by atoms with Gasteiger partial charge in [-0.05, 0) is 56.8 Å². The van der Waals surface area contributed by atoms with Crippen molar-refractivity contribution in [3.05, 3.63) is 12.2 Å². The Kier molecular flexibility index (Phi) is 4.85. The van der Waals surface area contributed by atoms with Crippen molar-refractivity contribution in [1.29, 1.82) is 0 Å². The summed E-state index contributed by atoms with van der Waals surface area (Å²) in [5.41, 5.74) is 0.681. The lowest BCUT2D eigenvalue weighted by molar-refractivity contribution is -0.137. The normalized spacial score (nSPS) is 26.8. The highest BCUT2D eigenvalue weighted by Crippen LogP contribution is 2.51. The number of rotatable bonds is 4. The van der Waals surface area contributed by atoms with Crippen LogP contribution in [0.15, 0.2) is 12.2 Å². The first-order chi connectivity index (χ1) is 8.74. The van der Waals surface area contributed by atoms with E-state index in [1.165, 1.54) is 51.4 Å². The Morgan fingerprint density at radius 2 is 2.06 bits per heavy atom. The van der Waals surface area contributed by atoms with Crippen LogP contribution in [-0.2, 0) is 9.53 Å². The highest BCUT2D eigenvalue weighted by molar-refractivity contribution is 5.81. The quantitative estimate of drug-likeness (QED) is 0.551. The average Bonchev–Trinajstić information content (AvgIpc) is 2.74. The summed E-state index contributed by atoms with van der Waals surface area (Å²) in [5.74, 6) is 0.608. The third-order valence-electron chi connectivity index (χ3n) is 4.73. The molecule has 2 aliphatic rings. The summed E-state index contributed by atoms with van der Waals surface area (Å²) >= 11 is 0. The largest absolute Gasteiger partial charge is 0.463 e. The van der Waals surface area contributed by atoms with Crippen molar-refractivity contribution < 1.29 is 9.53 Å². The molecule has 2 heteroatoms. The van der Waals surface area contributed by atoms with Crippen LogP contribution in [0.5, 0.6) is 0 Å². The Morgan fingerprint density at radius 1 is 1.28 bits per heavy atom. The third-order valence-corrected chi connectivity index (χ3v) is 4.73. The molecule has 0 N–H and O–H groups in total. The van der Waals surface area contributed by atoms with Crippen molar-refractivity contribution in [2.45, 2.75) is 64.7 Å². The SMILES string of the molecule is CCOC(=O)/C=C\CC1CCC2(CCCCC2)C1. The number of ether oxygens (including phenoxy) is 1. The lowest BCUT2D eigenvalue weighted by Crippen LogP contribution is -2.20. The molecule has 1 atom stereocenters. The minimum Gasteiger partial charge on any atom is -0.463 e. The van der Waals surface area contributed by atoms with Gasteiger partial charge in [-0.2, -0.15) is 0 Å². The van der Waals surface area contributed by atoms with Gasteiger partial charge in [0.1, 0.15) is 0 Å². The molecule has 0 aromatic rings. The van der Waals surface area contributed by atoms with E-state index in [0.29, 0.717) is 12.0 Å². The molecule has 102 valence electrons. The van der Waals surface area contributed by atoms with Crippen LogP contribution in [0.25, 0.3) is 0 Å². The van der Waals surface area contributed by atoms with Crippen LogP contribution in [0.1, 0.15) is 64.7 Å². The number of allylic oxidation sites excluding steroid dienone is 1. The van der Waals surface area contributed by atoms with Gasteiger partial charge < -0.3 is 4.74 Å². The second-order valence-corrected chi connectivity index (χ2v) is 6.06. The molecule has 18 heavy (non-hydrogen) atoms. The van der Waals surface area contributed by atoms with E-state index in [0.717, 1.165) is 12.3 Å². The van der Waals surface area contributed by atoms with Crippen molar-refractivity contribution in [3.8, 4) is 0 Å². The van der Waals surface area contributed by atoms with Gasteiger partial charge in [0.2, 0.25) is 0 Å². The number of esters is 1. The maximum atomic E-state index is 11.2. The lowest BCUT2D eigenvalue weighted by atomic mass is 9.72. The molecule has 0 amide bonds. The van der Waals surface area contributed by atoms with Gasteiger partial charge in [0.05, 0.1) is 6.61 Å². The third kappa shape index (κ3) is 3.60. The topological polar surface area (TPSA) is 26.3 Å². The number of carbonyl (C=O) groups excluding carboxylic acids is 1. The molecule has 0 saturated heterocycles. The van der Waals surface area contributed by atoms with E-state index in [-0.39, 0.29) is 5.97 Å². The summed E-state index contributed by atoms with van der Waals surface area (Å²) in [6.07, 6.45) is 16.1. The molecule has 1 spiro atoms. The van der Waals surface area contributed by atoms with Crippen molar-refractivity contribution >= 4 is 5.97 Å². The van der Waals surface area contributed by atoms with Gasteiger partial charge >= 0.3 is 5.97 Å². The first-order valence-electron chi connectivity index (χ1n) is 7.57. The molecule has 2 nitrogen and oxygen atoms in total. The second-order valence-electron chi connectivity index (χ2n) is 6.06. The molecule has 2 saturated carbocycles. The van der Waals surface area contributed by atoms with E-state index in [1.54, 1.807) is 6.08 Å². The molecule has 2 fully saturated rings. The summed E-state index contributed by atoms with van der Waals surface area (Å²) in [4.78, 5) is 11.2. The fourth-order valence-corrected chi connectivity index (χ4v) is 3.83. The van der Waals surface area contributed by atoms with Gasteiger partial charge in [0, 0.05) is 6.08 Å². The predicted octanol–water partition coefficient (Wildman–Crippen LogP) is 4.25. The molecule has 1 unspecified atom stereocenters. The van der Waals surface area contributed by atoms with Crippen molar-refractivity contribution in [2.24, 2.45) is 11.3 Å². The zero-order chi connectivity index (χ0) is 12.8. The summed E-state index contributed by atoms with van der Waals surface area (Å²) in [5, 5.41) is 0. The second kappa shape index (κ2) is 6.40. The van der Waals surface area contributed by atoms with Crippen molar-refractivity contribution in [1.82, 2.24) is 0 Å². The zero-order valence-electron chi connectivity index (χ0n) is 11.6. The van der Waals surface area contributed by atoms with Crippen molar-refractivity contribution in [2.75, 3.05) is 6.61 Å². The maximum absolute atomic E-state index is 11.2. The Morgan fingerprint density at radius 3 is 2.78 bits per heavy atom. The van der Waals surface area contributed by atoms with Crippen molar-refractivity contribution in [3.63, 3.8) is 0 Å². The smallest absolute Gasteiger partial charge is 0.330 e. The van der Waals surface area contributed by atoms with Gasteiger partial charge in [-0.3, -0.25) is 0 Å². The van der Waals surface area contributed by atoms with Crippen LogP contribution in [0.4, 0.5) is 0 Å². The Bertz CT molecular complexity index is 300. The first kappa shape index (κ1) is 13.6. The van der Waals surface area contributed by atoms with Crippen LogP contribution in [-0.4, -0.2) is 12.6 Å². The average molecular weight is 250 g/mol. The van der Waals surface area contributed by atoms with E-state index in [1.807, 2.05) is 13.0 Å². The molecule has 2 aliphatic carbocycles. The maximum Gasteiger partial charge on any atom is 0.330 e. The molecule has 0 aromatic carbocycles. The van der Waals surface area contributed by atoms with Crippen LogP contribution in [0.3, 0.4) is 0 Å². The Labute approximate surface area is 111 Å². The Balaban J connectivity index is 1.74. The van der Waals surface area contributed by atoms with Crippen LogP contribution in [0.2, 0.25) is 0 Å². The number of carbonyl (C=O) groups is 1. The highest BCUT2D eigenvalue weighted by atomic mass is 16.5. The van der Waals surface area contributed by atoms with Gasteiger partial charge in [-0.1, -0.05) is 25.3 Å². The monoisotopic (exact) mass is 250 g/mol. The van der Waals surface area contributed by atoms with Gasteiger partial charge in [-0.25, -0.2) is 4.79 Å². The molecule has 0 radical (unpaired) electrons. The molecular formula is C16H26O2. The molecule has 0 heterocycles. The summed E-state index contributed by atoms with van der Waals surface area (Å²) < 4.78 is 4.89. The van der Waals surface area contributed by atoms with Crippen LogP contribution in [0, 0.1) is 11.3 Å². The molecule has 2 rings (SSSR count). The lowest BCUT2D eigenvalue weighted by Gasteiger charge is -2.33. The molecule has 0 aromatic heterocycles. The number of hydrogen-bond donors (Lipinski definition) is 0. The van der Waals surface area contributed by atoms with Crippen LogP contribution >= 0.6 is 0 Å². The molecule has 0 aliphatic heterocycles. The predicted molar refractivity (Wildman–Crippen MR) is 73.2 cm³/mol. The fourth-order valence-electron chi connectivity index (χ4n) is 3.83. The minimum atomic E-state index is -0.192. The minimum absolute atomic E-state index is 0.192. The van der Waals surface area contributed by atoms with Crippen LogP contribution < -0.4 is 0 Å². The fraction of sp³-hybridized carbons (Fsp3) is 0.812. The molecular weight excluding hydrogens is 224 g/mol. The molecule has 0 bridgehead atoms. The number of hydrogen-bond acceptors (Lipinski definition) is 2. The van der Waals surface area contributed by atoms with E-state index in [4.69, 9.17) is 4.74 Å².